The third-order valence-corrected chi connectivity index (χ3v) is 6.21. The molecule has 4 rings (SSSR count). The van der Waals surface area contributed by atoms with Gasteiger partial charge in [0.2, 0.25) is 0 Å². The zero-order chi connectivity index (χ0) is 20.8. The first-order chi connectivity index (χ1) is 14.8. The van der Waals surface area contributed by atoms with Gasteiger partial charge in [0.15, 0.2) is 5.82 Å². The first-order valence-corrected chi connectivity index (χ1v) is 11.0. The minimum atomic E-state index is 0.828. The van der Waals surface area contributed by atoms with Gasteiger partial charge in [-0.2, -0.15) is 0 Å². The Morgan fingerprint density at radius 1 is 0.833 bits per heavy atom. The first kappa shape index (κ1) is 20.3. The van der Waals surface area contributed by atoms with Crippen molar-refractivity contribution in [2.45, 2.75) is 10.8 Å². The predicted molar refractivity (Wildman–Crippen MR) is 122 cm³/mol. The van der Waals surface area contributed by atoms with Crippen molar-refractivity contribution in [3.05, 3.63) is 66.5 Å². The molecule has 7 heteroatoms. The molecule has 1 aliphatic heterocycles. The highest BCUT2D eigenvalue weighted by Crippen LogP contribution is 2.30. The standard InChI is InChI=1S/C23H26N4O2S/c1-28-20-8-6-19(7-9-20)26-12-14-27(15-13-26)22-23(25-11-10-24-22)30-17-18-4-3-5-21(16-18)29-2/h3-11,16H,12-15,17H2,1-2H3. The van der Waals surface area contributed by atoms with E-state index in [2.05, 4.69) is 44.0 Å². The van der Waals surface area contributed by atoms with Crippen LogP contribution >= 0.6 is 11.8 Å². The molecule has 1 aliphatic rings. The summed E-state index contributed by atoms with van der Waals surface area (Å²) in [6.45, 7) is 3.72. The highest BCUT2D eigenvalue weighted by molar-refractivity contribution is 7.98. The van der Waals surface area contributed by atoms with Crippen LogP contribution in [0.1, 0.15) is 5.56 Å². The molecule has 0 amide bonds. The number of hydrogen-bond acceptors (Lipinski definition) is 7. The van der Waals surface area contributed by atoms with E-state index < -0.39 is 0 Å². The van der Waals surface area contributed by atoms with Crippen molar-refractivity contribution in [3.8, 4) is 11.5 Å². The molecule has 1 aromatic heterocycles. The summed E-state index contributed by atoms with van der Waals surface area (Å²) in [5, 5.41) is 0.971. The lowest BCUT2D eigenvalue weighted by Crippen LogP contribution is -2.47. The first-order valence-electron chi connectivity index (χ1n) is 9.97. The number of rotatable bonds is 7. The van der Waals surface area contributed by atoms with E-state index in [0.29, 0.717) is 0 Å². The molecule has 0 unspecified atom stereocenters. The van der Waals surface area contributed by atoms with Crippen LogP contribution < -0.4 is 19.3 Å². The summed E-state index contributed by atoms with van der Waals surface area (Å²) in [5.41, 5.74) is 2.43. The number of methoxy groups -OCH3 is 2. The van der Waals surface area contributed by atoms with Crippen molar-refractivity contribution >= 4 is 23.3 Å². The van der Waals surface area contributed by atoms with Gasteiger partial charge in [-0.05, 0) is 42.0 Å². The molecule has 1 saturated heterocycles. The molecule has 0 saturated carbocycles. The second-order valence-electron chi connectivity index (χ2n) is 7.00. The molecule has 0 N–H and O–H groups in total. The van der Waals surface area contributed by atoms with Crippen LogP contribution in [-0.4, -0.2) is 50.4 Å². The lowest BCUT2D eigenvalue weighted by molar-refractivity contribution is 0.414. The van der Waals surface area contributed by atoms with E-state index in [1.165, 1.54) is 11.3 Å². The van der Waals surface area contributed by atoms with Crippen molar-refractivity contribution in [2.24, 2.45) is 0 Å². The van der Waals surface area contributed by atoms with E-state index in [-0.39, 0.29) is 0 Å². The third kappa shape index (κ3) is 4.79. The summed E-state index contributed by atoms with van der Waals surface area (Å²) in [4.78, 5) is 14.0. The summed E-state index contributed by atoms with van der Waals surface area (Å²) < 4.78 is 10.6. The van der Waals surface area contributed by atoms with Crippen molar-refractivity contribution < 1.29 is 9.47 Å². The number of thioether (sulfide) groups is 1. The minimum absolute atomic E-state index is 0.828. The normalized spacial score (nSPS) is 13.9. The fourth-order valence-corrected chi connectivity index (χ4v) is 4.45. The van der Waals surface area contributed by atoms with Gasteiger partial charge in [0.25, 0.3) is 0 Å². The highest BCUT2D eigenvalue weighted by atomic mass is 32.2. The average molecular weight is 423 g/mol. The third-order valence-electron chi connectivity index (χ3n) is 5.17. The van der Waals surface area contributed by atoms with Gasteiger partial charge in [0, 0.05) is 50.0 Å². The fraction of sp³-hybridized carbons (Fsp3) is 0.304. The molecule has 0 bridgehead atoms. The molecule has 0 radical (unpaired) electrons. The topological polar surface area (TPSA) is 50.7 Å². The fourth-order valence-electron chi connectivity index (χ4n) is 3.52. The summed E-state index contributed by atoms with van der Waals surface area (Å²) in [5.74, 6) is 3.56. The van der Waals surface area contributed by atoms with Gasteiger partial charge in [-0.15, -0.1) is 0 Å². The number of hydrogen-bond donors (Lipinski definition) is 0. The Labute approximate surface area is 181 Å². The molecule has 0 aliphatic carbocycles. The zero-order valence-corrected chi connectivity index (χ0v) is 18.1. The van der Waals surface area contributed by atoms with Crippen LogP contribution in [0, 0.1) is 0 Å². The zero-order valence-electron chi connectivity index (χ0n) is 17.3. The summed E-state index contributed by atoms with van der Waals surface area (Å²) in [6.07, 6.45) is 3.55. The summed E-state index contributed by atoms with van der Waals surface area (Å²) in [7, 11) is 3.39. The van der Waals surface area contributed by atoms with E-state index in [1.54, 1.807) is 38.4 Å². The van der Waals surface area contributed by atoms with Gasteiger partial charge in [0.05, 0.1) is 14.2 Å². The monoisotopic (exact) mass is 422 g/mol. The molecule has 3 aromatic rings. The van der Waals surface area contributed by atoms with Crippen LogP contribution in [0.4, 0.5) is 11.5 Å². The van der Waals surface area contributed by atoms with E-state index in [4.69, 9.17) is 9.47 Å². The van der Waals surface area contributed by atoms with Crippen LogP contribution in [-0.2, 0) is 5.75 Å². The lowest BCUT2D eigenvalue weighted by Gasteiger charge is -2.37. The molecule has 2 aromatic carbocycles. The van der Waals surface area contributed by atoms with Crippen LogP contribution in [0.5, 0.6) is 11.5 Å². The Balaban J connectivity index is 1.40. The number of ether oxygens (including phenoxy) is 2. The lowest BCUT2D eigenvalue weighted by atomic mass is 10.2. The Morgan fingerprint density at radius 3 is 2.27 bits per heavy atom. The SMILES string of the molecule is COc1ccc(N2CCN(c3nccnc3SCc3cccc(OC)c3)CC2)cc1. The van der Waals surface area contributed by atoms with Gasteiger partial charge in [-0.1, -0.05) is 23.9 Å². The molecule has 0 spiro atoms. The number of aromatic nitrogens is 2. The quantitative estimate of drug-likeness (QED) is 0.531. The molecule has 6 nitrogen and oxygen atoms in total. The van der Waals surface area contributed by atoms with E-state index in [1.807, 2.05) is 24.3 Å². The maximum absolute atomic E-state index is 5.33. The molecule has 30 heavy (non-hydrogen) atoms. The Kier molecular flexibility index (Phi) is 6.59. The number of piperazine rings is 1. The summed E-state index contributed by atoms with van der Waals surface area (Å²) >= 11 is 1.72. The largest absolute Gasteiger partial charge is 0.497 e. The van der Waals surface area contributed by atoms with Crippen LogP contribution in [0.15, 0.2) is 66.0 Å². The van der Waals surface area contributed by atoms with E-state index in [9.17, 15) is 0 Å². The molecule has 0 atom stereocenters. The minimum Gasteiger partial charge on any atom is -0.497 e. The Bertz CT molecular complexity index is 959. The highest BCUT2D eigenvalue weighted by Gasteiger charge is 2.21. The van der Waals surface area contributed by atoms with Crippen LogP contribution in [0.3, 0.4) is 0 Å². The van der Waals surface area contributed by atoms with Gasteiger partial charge >= 0.3 is 0 Å². The molecular formula is C23H26N4O2S. The van der Waals surface area contributed by atoms with E-state index in [0.717, 1.165) is 54.3 Å². The van der Waals surface area contributed by atoms with Gasteiger partial charge in [-0.3, -0.25) is 0 Å². The van der Waals surface area contributed by atoms with Crippen LogP contribution in [0.2, 0.25) is 0 Å². The van der Waals surface area contributed by atoms with E-state index >= 15 is 0 Å². The molecule has 2 heterocycles. The second kappa shape index (κ2) is 9.71. The Hall–Kier alpha value is -2.93. The van der Waals surface area contributed by atoms with Crippen molar-refractivity contribution in [1.29, 1.82) is 0 Å². The molecular weight excluding hydrogens is 396 g/mol. The number of nitrogens with zero attached hydrogens (tertiary/aromatic N) is 4. The van der Waals surface area contributed by atoms with Crippen LogP contribution in [0.25, 0.3) is 0 Å². The average Bonchev–Trinajstić information content (AvgIpc) is 2.83. The predicted octanol–water partition coefficient (Wildman–Crippen LogP) is 4.11. The van der Waals surface area contributed by atoms with Gasteiger partial charge in [-0.25, -0.2) is 9.97 Å². The molecule has 1 fully saturated rings. The maximum Gasteiger partial charge on any atom is 0.161 e. The molecule has 156 valence electrons. The smallest absolute Gasteiger partial charge is 0.161 e. The number of anilines is 2. The summed E-state index contributed by atoms with van der Waals surface area (Å²) in [6, 6.07) is 16.4. The van der Waals surface area contributed by atoms with Gasteiger partial charge < -0.3 is 19.3 Å². The van der Waals surface area contributed by atoms with Gasteiger partial charge in [0.1, 0.15) is 16.5 Å². The second-order valence-corrected chi connectivity index (χ2v) is 7.96. The Morgan fingerprint density at radius 2 is 1.53 bits per heavy atom. The van der Waals surface area contributed by atoms with Crippen molar-refractivity contribution in [3.63, 3.8) is 0 Å². The number of benzene rings is 2. The van der Waals surface area contributed by atoms with Crippen molar-refractivity contribution in [1.82, 2.24) is 9.97 Å². The maximum atomic E-state index is 5.33. The van der Waals surface area contributed by atoms with Crippen molar-refractivity contribution in [2.75, 3.05) is 50.2 Å².